The maximum atomic E-state index is 12.8. The van der Waals surface area contributed by atoms with Crippen LogP contribution in [0.5, 0.6) is 0 Å². The lowest BCUT2D eigenvalue weighted by atomic mass is 9.57. The summed E-state index contributed by atoms with van der Waals surface area (Å²) < 4.78 is 5.76. The highest BCUT2D eigenvalue weighted by molar-refractivity contribution is 5.87. The molecule has 5 heteroatoms. The van der Waals surface area contributed by atoms with Gasteiger partial charge < -0.3 is 15.2 Å². The summed E-state index contributed by atoms with van der Waals surface area (Å²) in [6.45, 7) is 5.01. The van der Waals surface area contributed by atoms with E-state index in [2.05, 4.69) is 19.2 Å². The minimum Gasteiger partial charge on any atom is -0.481 e. The van der Waals surface area contributed by atoms with Crippen LogP contribution in [-0.2, 0) is 14.3 Å². The monoisotopic (exact) mass is 305 g/mol. The molecule has 1 amide bonds. The Morgan fingerprint density at radius 3 is 2.59 bits per heavy atom. The van der Waals surface area contributed by atoms with Gasteiger partial charge in [0.25, 0.3) is 0 Å². The van der Waals surface area contributed by atoms with Gasteiger partial charge in [-0.05, 0) is 24.7 Å². The minimum absolute atomic E-state index is 0.0233. The molecule has 2 bridgehead atoms. The lowest BCUT2D eigenvalue weighted by Gasteiger charge is -2.55. The van der Waals surface area contributed by atoms with E-state index in [0.29, 0.717) is 5.92 Å². The zero-order valence-corrected chi connectivity index (χ0v) is 13.0. The Hall–Kier alpha value is -1.36. The number of hydrogen-bond donors (Lipinski definition) is 2. The highest BCUT2D eigenvalue weighted by atomic mass is 16.5. The molecule has 4 rings (SSSR count). The Kier molecular flexibility index (Phi) is 2.96. The zero-order valence-electron chi connectivity index (χ0n) is 13.0. The first-order valence-electron chi connectivity index (χ1n) is 8.24. The molecule has 0 radical (unpaired) electrons. The number of hydrogen-bond acceptors (Lipinski definition) is 3. The normalized spacial score (nSPS) is 47.1. The number of fused-ring (bicyclic) bond motifs is 3. The molecule has 0 aromatic carbocycles. The topological polar surface area (TPSA) is 75.6 Å². The fourth-order valence-electron chi connectivity index (χ4n) is 5.38. The molecule has 120 valence electrons. The van der Waals surface area contributed by atoms with Crippen LogP contribution in [0.1, 0.15) is 26.7 Å². The summed E-state index contributed by atoms with van der Waals surface area (Å²) in [6.07, 6.45) is 6.02. The van der Waals surface area contributed by atoms with Gasteiger partial charge in [-0.15, -0.1) is 0 Å². The summed E-state index contributed by atoms with van der Waals surface area (Å²) in [5.41, 5.74) is -0.0665. The molecule has 2 saturated carbocycles. The van der Waals surface area contributed by atoms with Crippen LogP contribution in [0.15, 0.2) is 12.2 Å². The number of allylic oxidation sites excluding steroid dienone is 2. The van der Waals surface area contributed by atoms with E-state index < -0.39 is 17.8 Å². The Bertz CT molecular complexity index is 555. The van der Waals surface area contributed by atoms with Crippen LogP contribution < -0.4 is 5.32 Å². The number of carboxylic acids is 1. The number of carbonyl (C=O) groups is 2. The van der Waals surface area contributed by atoms with Crippen molar-refractivity contribution in [3.8, 4) is 0 Å². The van der Waals surface area contributed by atoms with E-state index in [1.165, 1.54) is 0 Å². The molecule has 0 spiro atoms. The maximum Gasteiger partial charge on any atom is 0.307 e. The third kappa shape index (κ3) is 1.75. The minimum atomic E-state index is -0.841. The number of nitrogens with one attached hydrogen (secondary N) is 1. The molecule has 7 atom stereocenters. The largest absolute Gasteiger partial charge is 0.481 e. The average molecular weight is 305 g/mol. The van der Waals surface area contributed by atoms with Gasteiger partial charge in [-0.2, -0.15) is 0 Å². The van der Waals surface area contributed by atoms with E-state index in [1.807, 2.05) is 12.2 Å². The van der Waals surface area contributed by atoms with Crippen molar-refractivity contribution in [2.75, 3.05) is 6.61 Å². The second kappa shape index (κ2) is 4.57. The molecule has 2 N–H and O–H groups in total. The highest BCUT2D eigenvalue weighted by Gasteiger charge is 2.61. The molecule has 7 unspecified atom stereocenters. The molecule has 1 heterocycles. The first-order valence-corrected chi connectivity index (χ1v) is 8.24. The van der Waals surface area contributed by atoms with Gasteiger partial charge in [0.2, 0.25) is 5.91 Å². The lowest BCUT2D eigenvalue weighted by molar-refractivity contribution is -0.151. The summed E-state index contributed by atoms with van der Waals surface area (Å²) >= 11 is 0. The molecular formula is C17H23NO4. The Balaban J connectivity index is 1.51. The van der Waals surface area contributed by atoms with Crippen molar-refractivity contribution in [2.45, 2.75) is 38.8 Å². The van der Waals surface area contributed by atoms with E-state index in [9.17, 15) is 14.7 Å². The van der Waals surface area contributed by atoms with Crippen LogP contribution >= 0.6 is 0 Å². The van der Waals surface area contributed by atoms with Gasteiger partial charge in [0.05, 0.1) is 17.9 Å². The van der Waals surface area contributed by atoms with Gasteiger partial charge in [0.1, 0.15) is 0 Å². The molecule has 0 aromatic heterocycles. The molecule has 3 fully saturated rings. The van der Waals surface area contributed by atoms with Crippen LogP contribution in [0.3, 0.4) is 0 Å². The van der Waals surface area contributed by atoms with Gasteiger partial charge in [-0.3, -0.25) is 9.59 Å². The Morgan fingerprint density at radius 2 is 1.91 bits per heavy atom. The molecule has 4 aliphatic rings. The molecule has 3 aliphatic carbocycles. The zero-order chi connectivity index (χ0) is 15.6. The summed E-state index contributed by atoms with van der Waals surface area (Å²) in [5.74, 6) is -1.39. The highest BCUT2D eigenvalue weighted by Crippen LogP contribution is 2.53. The number of carbonyl (C=O) groups excluding carboxylic acids is 1. The smallest absolute Gasteiger partial charge is 0.307 e. The van der Waals surface area contributed by atoms with Crippen LogP contribution in [0.2, 0.25) is 0 Å². The van der Waals surface area contributed by atoms with Crippen LogP contribution in [0.4, 0.5) is 0 Å². The van der Waals surface area contributed by atoms with E-state index in [4.69, 9.17) is 4.74 Å². The van der Waals surface area contributed by atoms with Crippen LogP contribution in [-0.4, -0.2) is 35.7 Å². The van der Waals surface area contributed by atoms with Crippen LogP contribution in [0, 0.1) is 35.0 Å². The van der Waals surface area contributed by atoms with Crippen molar-refractivity contribution < 1.29 is 19.4 Å². The van der Waals surface area contributed by atoms with E-state index in [1.54, 1.807) is 0 Å². The number of ether oxygens (including phenoxy) is 1. The molecule has 1 saturated heterocycles. The third-order valence-corrected chi connectivity index (χ3v) is 6.45. The Morgan fingerprint density at radius 1 is 1.23 bits per heavy atom. The average Bonchev–Trinajstić information content (AvgIpc) is 3.17. The lowest BCUT2D eigenvalue weighted by Crippen LogP contribution is -2.67. The van der Waals surface area contributed by atoms with Gasteiger partial charge >= 0.3 is 5.97 Å². The SMILES string of the molecule is CC1(C)C(NC(=O)C2C3C=CC(C3)C2C(=O)O)C2CCOC21. The van der Waals surface area contributed by atoms with Crippen LogP contribution in [0.25, 0.3) is 0 Å². The summed E-state index contributed by atoms with van der Waals surface area (Å²) in [4.78, 5) is 24.3. The van der Waals surface area contributed by atoms with Gasteiger partial charge in [0, 0.05) is 24.0 Å². The van der Waals surface area contributed by atoms with Crippen molar-refractivity contribution in [2.24, 2.45) is 35.0 Å². The quantitative estimate of drug-likeness (QED) is 0.774. The standard InChI is InChI=1S/C17H23NO4/c1-17(2)13(10-5-6-22-14(10)17)18-15(19)11-8-3-4-9(7-8)12(11)16(20)21/h3-4,8-14H,5-7H2,1-2H3,(H,18,19)(H,20,21). The van der Waals surface area contributed by atoms with Gasteiger partial charge in [-0.1, -0.05) is 26.0 Å². The fourth-order valence-corrected chi connectivity index (χ4v) is 5.38. The second-order valence-electron chi connectivity index (χ2n) is 7.89. The molecule has 22 heavy (non-hydrogen) atoms. The van der Waals surface area contributed by atoms with Crippen molar-refractivity contribution in [1.82, 2.24) is 5.32 Å². The van der Waals surface area contributed by atoms with Crippen molar-refractivity contribution in [3.05, 3.63) is 12.2 Å². The predicted octanol–water partition coefficient (Wildman–Crippen LogP) is 1.44. The molecule has 1 aliphatic heterocycles. The van der Waals surface area contributed by atoms with Crippen molar-refractivity contribution in [3.63, 3.8) is 0 Å². The van der Waals surface area contributed by atoms with E-state index in [0.717, 1.165) is 19.4 Å². The summed E-state index contributed by atoms with van der Waals surface area (Å²) in [6, 6.07) is 0.102. The number of carboxylic acid groups (broad SMARTS) is 1. The van der Waals surface area contributed by atoms with Gasteiger partial charge in [-0.25, -0.2) is 0 Å². The van der Waals surface area contributed by atoms with Gasteiger partial charge in [0.15, 0.2) is 0 Å². The summed E-state index contributed by atoms with van der Waals surface area (Å²) in [7, 11) is 0. The third-order valence-electron chi connectivity index (χ3n) is 6.45. The van der Waals surface area contributed by atoms with E-state index in [-0.39, 0.29) is 35.3 Å². The molecule has 0 aromatic rings. The molecular weight excluding hydrogens is 282 g/mol. The molecule has 5 nitrogen and oxygen atoms in total. The number of rotatable bonds is 3. The predicted molar refractivity (Wildman–Crippen MR) is 78.9 cm³/mol. The Labute approximate surface area is 130 Å². The van der Waals surface area contributed by atoms with Crippen molar-refractivity contribution in [1.29, 1.82) is 0 Å². The second-order valence-corrected chi connectivity index (χ2v) is 7.89. The summed E-state index contributed by atoms with van der Waals surface area (Å²) in [5, 5.41) is 12.7. The number of aliphatic carboxylic acids is 1. The maximum absolute atomic E-state index is 12.8. The van der Waals surface area contributed by atoms with E-state index >= 15 is 0 Å². The first-order chi connectivity index (χ1) is 10.4. The van der Waals surface area contributed by atoms with Crippen molar-refractivity contribution >= 4 is 11.9 Å². The number of amides is 1. The first kappa shape index (κ1) is 14.2. The fraction of sp³-hybridized carbons (Fsp3) is 0.765.